The van der Waals surface area contributed by atoms with Crippen molar-refractivity contribution >= 4 is 23.2 Å². The van der Waals surface area contributed by atoms with Gasteiger partial charge in [-0.15, -0.1) is 0 Å². The van der Waals surface area contributed by atoms with Gasteiger partial charge in [-0.3, -0.25) is 9.59 Å². The number of hydrogen-bond donors (Lipinski definition) is 2. The van der Waals surface area contributed by atoms with Crippen molar-refractivity contribution < 1.29 is 41.4 Å². The van der Waals surface area contributed by atoms with E-state index in [4.69, 9.17) is 14.2 Å². The van der Waals surface area contributed by atoms with Gasteiger partial charge in [0.05, 0.1) is 31.9 Å². The molecule has 0 saturated heterocycles. The highest BCUT2D eigenvalue weighted by molar-refractivity contribution is 6.04. The molecular formula is C36H27F4N7O5. The molecule has 6 rings (SSSR count). The quantitative estimate of drug-likeness (QED) is 0.134. The van der Waals surface area contributed by atoms with Gasteiger partial charge in [-0.1, -0.05) is 12.1 Å². The molecule has 3 aromatic heterocycles. The molecule has 0 radical (unpaired) electrons. The maximum Gasteiger partial charge on any atom is 0.287 e. The van der Waals surface area contributed by atoms with Gasteiger partial charge >= 0.3 is 0 Å². The van der Waals surface area contributed by atoms with Gasteiger partial charge in [-0.05, 0) is 42.5 Å². The van der Waals surface area contributed by atoms with Crippen LogP contribution in [0.3, 0.4) is 0 Å². The van der Waals surface area contributed by atoms with Crippen LogP contribution in [0.15, 0.2) is 116 Å². The highest BCUT2D eigenvalue weighted by Crippen LogP contribution is 2.28. The van der Waals surface area contributed by atoms with E-state index in [1.807, 2.05) is 0 Å². The average Bonchev–Trinajstić information content (AvgIpc) is 3.12. The lowest BCUT2D eigenvalue weighted by Gasteiger charge is -2.11. The number of alkyl halides is 2. The smallest absolute Gasteiger partial charge is 0.287 e. The minimum atomic E-state index is -3.19. The van der Waals surface area contributed by atoms with Crippen LogP contribution < -0.4 is 24.8 Å². The fraction of sp³-hybridized carbons (Fsp3) is 0.0833. The molecule has 0 aliphatic rings. The maximum atomic E-state index is 13.8. The lowest BCUT2D eigenvalue weighted by molar-refractivity contribution is 0.0126. The van der Waals surface area contributed by atoms with Crippen molar-refractivity contribution in [1.29, 1.82) is 0 Å². The molecule has 16 heteroatoms. The summed E-state index contributed by atoms with van der Waals surface area (Å²) < 4.78 is 70.4. The summed E-state index contributed by atoms with van der Waals surface area (Å²) in [7, 11) is 1.51. The van der Waals surface area contributed by atoms with Crippen LogP contribution in [0.2, 0.25) is 0 Å². The molecule has 12 nitrogen and oxygen atoms in total. The molecule has 0 unspecified atom stereocenters. The van der Waals surface area contributed by atoms with Crippen molar-refractivity contribution in [2.24, 2.45) is 0 Å². The number of anilines is 2. The van der Waals surface area contributed by atoms with Crippen LogP contribution in [0.5, 0.6) is 28.7 Å². The zero-order valence-corrected chi connectivity index (χ0v) is 27.3. The van der Waals surface area contributed by atoms with Crippen LogP contribution >= 0.6 is 0 Å². The number of benzene rings is 3. The highest BCUT2D eigenvalue weighted by atomic mass is 19.3. The van der Waals surface area contributed by atoms with Crippen LogP contribution in [0.1, 0.15) is 33.5 Å². The number of carbonyl (C=O) groups is 2. The summed E-state index contributed by atoms with van der Waals surface area (Å²) in [5, 5.41) is 5.04. The third kappa shape index (κ3) is 10.5. The molecule has 0 aliphatic carbocycles. The first kappa shape index (κ1) is 36.3. The summed E-state index contributed by atoms with van der Waals surface area (Å²) >= 11 is 0. The van der Waals surface area contributed by atoms with Crippen molar-refractivity contribution in [3.63, 3.8) is 0 Å². The molecule has 2 N–H and O–H groups in total. The number of rotatable bonds is 10. The maximum absolute atomic E-state index is 13.8. The first-order chi connectivity index (χ1) is 24.9. The van der Waals surface area contributed by atoms with Gasteiger partial charge in [-0.2, -0.15) is 8.78 Å². The summed E-state index contributed by atoms with van der Waals surface area (Å²) in [5.74, 6) is -4.04. The average molecular weight is 714 g/mol. The zero-order valence-electron chi connectivity index (χ0n) is 27.3. The predicted molar refractivity (Wildman–Crippen MR) is 180 cm³/mol. The first-order valence-electron chi connectivity index (χ1n) is 15.0. The lowest BCUT2D eigenvalue weighted by atomic mass is 10.2. The molecule has 3 heterocycles. The van der Waals surface area contributed by atoms with Crippen LogP contribution in [0, 0.1) is 11.6 Å². The van der Waals surface area contributed by atoms with Gasteiger partial charge in [0.25, 0.3) is 17.7 Å². The van der Waals surface area contributed by atoms with Crippen molar-refractivity contribution in [2.45, 2.75) is 12.8 Å². The molecule has 3 aromatic carbocycles. The number of aromatic nitrogens is 5. The number of hydrogen-bond acceptors (Lipinski definition) is 10. The summed E-state index contributed by atoms with van der Waals surface area (Å²) in [6.45, 7) is 0.681. The second kappa shape index (κ2) is 16.6. The SMILES string of the molecule is CC(F)(F)c1cccc(C(=O)Nc2cc(F)cc(Oc3cncnc3)c2)n1.COc1cccc(C(=O)Nc2cc(F)cc(Oc3cncnc3)c2)c1. The van der Waals surface area contributed by atoms with Crippen molar-refractivity contribution in [1.82, 2.24) is 24.9 Å². The van der Waals surface area contributed by atoms with Crippen LogP contribution in [-0.2, 0) is 5.92 Å². The van der Waals surface area contributed by atoms with E-state index < -0.39 is 35.1 Å². The lowest BCUT2D eigenvalue weighted by Crippen LogP contribution is -2.17. The van der Waals surface area contributed by atoms with Gasteiger partial charge in [0.15, 0.2) is 11.5 Å². The second-order valence-electron chi connectivity index (χ2n) is 10.6. The topological polar surface area (TPSA) is 150 Å². The molecule has 0 spiro atoms. The number of methoxy groups -OCH3 is 1. The second-order valence-corrected chi connectivity index (χ2v) is 10.6. The normalized spacial score (nSPS) is 10.7. The number of nitrogens with zero attached hydrogens (tertiary/aromatic N) is 5. The van der Waals surface area contributed by atoms with Gasteiger partial charge in [0.1, 0.15) is 52.9 Å². The van der Waals surface area contributed by atoms with E-state index in [0.29, 0.717) is 24.0 Å². The molecule has 0 bridgehead atoms. The molecule has 0 saturated carbocycles. The molecule has 6 aromatic rings. The first-order valence-corrected chi connectivity index (χ1v) is 15.0. The van der Waals surface area contributed by atoms with Gasteiger partial charge in [-0.25, -0.2) is 33.7 Å². The molecule has 0 fully saturated rings. The monoisotopic (exact) mass is 713 g/mol. The molecular weight excluding hydrogens is 686 g/mol. The Morgan fingerprint density at radius 2 is 1.15 bits per heavy atom. The Bertz CT molecular complexity index is 2160. The molecule has 52 heavy (non-hydrogen) atoms. The minimum absolute atomic E-state index is 0.0716. The Kier molecular flexibility index (Phi) is 11.6. The zero-order chi connectivity index (χ0) is 37.1. The fourth-order valence-electron chi connectivity index (χ4n) is 4.30. The Morgan fingerprint density at radius 3 is 1.67 bits per heavy atom. The molecule has 0 aliphatic heterocycles. The van der Waals surface area contributed by atoms with Crippen LogP contribution in [0.25, 0.3) is 0 Å². The van der Waals surface area contributed by atoms with E-state index in [1.54, 1.807) is 24.3 Å². The van der Waals surface area contributed by atoms with E-state index in [9.17, 15) is 27.2 Å². The van der Waals surface area contributed by atoms with Crippen LogP contribution in [0.4, 0.5) is 28.9 Å². The molecule has 0 atom stereocenters. The summed E-state index contributed by atoms with van der Waals surface area (Å²) in [6.07, 6.45) is 8.34. The summed E-state index contributed by atoms with van der Waals surface area (Å²) in [5.41, 5.74) is -0.0378. The summed E-state index contributed by atoms with van der Waals surface area (Å²) in [6, 6.07) is 17.8. The predicted octanol–water partition coefficient (Wildman–Crippen LogP) is 7.84. The van der Waals surface area contributed by atoms with E-state index in [0.717, 1.165) is 18.2 Å². The Balaban J connectivity index is 0.000000202. The van der Waals surface area contributed by atoms with Crippen LogP contribution in [-0.4, -0.2) is 43.8 Å². The fourth-order valence-corrected chi connectivity index (χ4v) is 4.30. The van der Waals surface area contributed by atoms with Gasteiger partial charge in [0, 0.05) is 48.1 Å². The van der Waals surface area contributed by atoms with Crippen molar-refractivity contribution in [2.75, 3.05) is 17.7 Å². The number of amides is 2. The Labute approximate surface area is 293 Å². The van der Waals surface area contributed by atoms with E-state index in [-0.39, 0.29) is 34.3 Å². The number of halogens is 4. The number of ether oxygens (including phenoxy) is 3. The van der Waals surface area contributed by atoms with Crippen molar-refractivity contribution in [3.8, 4) is 28.7 Å². The highest BCUT2D eigenvalue weighted by Gasteiger charge is 2.27. The Morgan fingerprint density at radius 1 is 0.635 bits per heavy atom. The van der Waals surface area contributed by atoms with E-state index in [2.05, 4.69) is 35.6 Å². The number of pyridine rings is 1. The van der Waals surface area contributed by atoms with E-state index in [1.165, 1.54) is 81.0 Å². The van der Waals surface area contributed by atoms with E-state index >= 15 is 0 Å². The number of nitrogens with one attached hydrogen (secondary N) is 2. The summed E-state index contributed by atoms with van der Waals surface area (Å²) in [4.78, 5) is 43.4. The Hall–Kier alpha value is -6.97. The van der Waals surface area contributed by atoms with Gasteiger partial charge in [0.2, 0.25) is 0 Å². The standard InChI is InChI=1S/C18H13F3N4O2.C18H14FN3O3/c1-18(20,21)16-4-2-3-15(25-16)17(26)24-12-5-11(19)6-13(7-12)27-14-8-22-10-23-9-14;1-24-15-4-2-3-12(5-15)18(23)22-14-6-13(19)7-16(8-14)25-17-9-20-11-21-10-17/h2-10H,1H3,(H,24,26);2-11H,1H3,(H,22,23). The third-order valence-corrected chi connectivity index (χ3v) is 6.57. The third-order valence-electron chi connectivity index (χ3n) is 6.57. The minimum Gasteiger partial charge on any atom is -0.497 e. The molecule has 2 amide bonds. The van der Waals surface area contributed by atoms with Crippen molar-refractivity contribution in [3.05, 3.63) is 145 Å². The largest absolute Gasteiger partial charge is 0.497 e. The van der Waals surface area contributed by atoms with Gasteiger partial charge < -0.3 is 24.8 Å². The molecule has 264 valence electrons. The number of carbonyl (C=O) groups excluding carboxylic acids is 2.